The Morgan fingerprint density at radius 1 is 1.44 bits per heavy atom. The monoisotopic (exact) mass is 245 g/mol. The maximum Gasteiger partial charge on any atom is 0.315 e. The van der Waals surface area contributed by atoms with Gasteiger partial charge in [-0.3, -0.25) is 4.79 Å². The van der Waals surface area contributed by atoms with Crippen LogP contribution in [0.5, 0.6) is 0 Å². The second-order valence-corrected chi connectivity index (χ2v) is 5.53. The van der Waals surface area contributed by atoms with E-state index in [1.165, 1.54) is 0 Å². The van der Waals surface area contributed by atoms with Crippen LogP contribution in [0.1, 0.15) is 25.7 Å². The molecule has 5 nitrogen and oxygen atoms in total. The van der Waals surface area contributed by atoms with Gasteiger partial charge in [0, 0.05) is 17.4 Å². The molecule has 0 aromatic heterocycles. The Morgan fingerprint density at radius 2 is 2.25 bits per heavy atom. The SMILES string of the molecule is O=C(O)CCCC[C@@H]1SC[C@@H]2[15NH]C(=O)N[C@@H]21. The molecule has 2 aliphatic heterocycles. The van der Waals surface area contributed by atoms with Crippen molar-refractivity contribution in [3.05, 3.63) is 0 Å². The van der Waals surface area contributed by atoms with Gasteiger partial charge in [0.15, 0.2) is 0 Å². The smallest absolute Gasteiger partial charge is 0.315 e. The number of carbonyl (C=O) groups is 2. The summed E-state index contributed by atoms with van der Waals surface area (Å²) in [7, 11) is 0. The number of hydrogen-bond acceptors (Lipinski definition) is 3. The maximum atomic E-state index is 11.1. The Bertz CT molecular complexity index is 298. The second kappa shape index (κ2) is 4.95. The molecule has 3 N–H and O–H groups in total. The quantitative estimate of drug-likeness (QED) is 0.380. The lowest BCUT2D eigenvalue weighted by atomic mass is 10.0. The van der Waals surface area contributed by atoms with Crippen LogP contribution in [0.3, 0.4) is 0 Å². The number of amides is 2. The molecule has 0 aliphatic carbocycles. The van der Waals surface area contributed by atoms with Crippen molar-refractivity contribution in [3.8, 4) is 0 Å². The number of thioether (sulfide) groups is 1. The average Bonchev–Trinajstić information content (AvgIpc) is 2.72. The topological polar surface area (TPSA) is 78.4 Å². The molecule has 2 aliphatic rings. The third kappa shape index (κ3) is 2.61. The van der Waals surface area contributed by atoms with Gasteiger partial charge in [0.05, 0.1) is 12.1 Å². The highest BCUT2D eigenvalue weighted by Gasteiger charge is 2.42. The van der Waals surface area contributed by atoms with E-state index >= 15 is 0 Å². The average molecular weight is 245 g/mol. The van der Waals surface area contributed by atoms with Gasteiger partial charge in [0.1, 0.15) is 0 Å². The van der Waals surface area contributed by atoms with Gasteiger partial charge in [-0.15, -0.1) is 0 Å². The van der Waals surface area contributed by atoms with Crippen LogP contribution in [-0.2, 0) is 4.79 Å². The first-order valence-electron chi connectivity index (χ1n) is 5.57. The van der Waals surface area contributed by atoms with Gasteiger partial charge in [-0.25, -0.2) is 4.79 Å². The molecule has 2 amide bonds. The zero-order valence-corrected chi connectivity index (χ0v) is 9.76. The summed E-state index contributed by atoms with van der Waals surface area (Å²) in [5.74, 6) is 0.236. The van der Waals surface area contributed by atoms with E-state index in [1.54, 1.807) is 0 Å². The van der Waals surface area contributed by atoms with E-state index in [0.29, 0.717) is 5.25 Å². The first kappa shape index (κ1) is 11.6. The summed E-state index contributed by atoms with van der Waals surface area (Å²) in [6, 6.07) is 0.440. The zero-order valence-electron chi connectivity index (χ0n) is 8.94. The number of rotatable bonds is 5. The van der Waals surface area contributed by atoms with Crippen LogP contribution >= 0.6 is 11.8 Å². The minimum Gasteiger partial charge on any atom is -0.481 e. The molecule has 3 atom stereocenters. The first-order chi connectivity index (χ1) is 7.66. The Balaban J connectivity index is 1.70. The molecular formula is C10H16N2O3S. The van der Waals surface area contributed by atoms with Gasteiger partial charge < -0.3 is 15.7 Å². The fourth-order valence-electron chi connectivity index (χ4n) is 2.26. The summed E-state index contributed by atoms with van der Waals surface area (Å²) >= 11 is 1.87. The molecule has 0 spiro atoms. The van der Waals surface area contributed by atoms with Crippen molar-refractivity contribution in [3.63, 3.8) is 0 Å². The number of unbranched alkanes of at least 4 members (excludes halogenated alkanes) is 1. The number of nitrogens with one attached hydrogen (secondary N) is 2. The molecule has 0 bridgehead atoms. The molecule has 2 heterocycles. The minimum absolute atomic E-state index is 0.0640. The highest BCUT2D eigenvalue weighted by atomic mass is 32.2. The molecule has 16 heavy (non-hydrogen) atoms. The van der Waals surface area contributed by atoms with E-state index in [1.807, 2.05) is 11.8 Å². The van der Waals surface area contributed by atoms with E-state index < -0.39 is 5.97 Å². The van der Waals surface area contributed by atoms with Crippen molar-refractivity contribution in [1.82, 2.24) is 10.6 Å². The third-order valence-corrected chi connectivity index (χ3v) is 4.58. The van der Waals surface area contributed by atoms with Gasteiger partial charge in [-0.05, 0) is 12.8 Å². The molecular weight excluding hydrogens is 229 g/mol. The normalized spacial score (nSPS) is 32.0. The molecule has 0 unspecified atom stereocenters. The van der Waals surface area contributed by atoms with Crippen LogP contribution < -0.4 is 10.6 Å². The van der Waals surface area contributed by atoms with E-state index in [9.17, 15) is 9.59 Å². The van der Waals surface area contributed by atoms with E-state index in [2.05, 4.69) is 10.6 Å². The van der Waals surface area contributed by atoms with E-state index in [-0.39, 0.29) is 24.5 Å². The molecule has 2 fully saturated rings. The summed E-state index contributed by atoms with van der Waals surface area (Å²) in [6.07, 6.45) is 2.88. The van der Waals surface area contributed by atoms with Crippen LogP contribution in [0.15, 0.2) is 0 Å². The van der Waals surface area contributed by atoms with Crippen molar-refractivity contribution in [2.24, 2.45) is 0 Å². The van der Waals surface area contributed by atoms with Gasteiger partial charge in [-0.1, -0.05) is 6.42 Å². The van der Waals surface area contributed by atoms with Crippen LogP contribution in [0, 0.1) is 0 Å². The number of hydrogen-bond donors (Lipinski definition) is 3. The molecule has 0 radical (unpaired) electrons. The molecule has 6 heteroatoms. The Morgan fingerprint density at radius 3 is 3.00 bits per heavy atom. The summed E-state index contributed by atoms with van der Waals surface area (Å²) in [6.45, 7) is 0. The van der Waals surface area contributed by atoms with E-state index in [4.69, 9.17) is 5.11 Å². The van der Waals surface area contributed by atoms with Gasteiger partial charge in [-0.2, -0.15) is 11.8 Å². The van der Waals surface area contributed by atoms with Crippen LogP contribution in [0.2, 0.25) is 0 Å². The van der Waals surface area contributed by atoms with Crippen molar-refractivity contribution in [2.45, 2.75) is 43.0 Å². The van der Waals surface area contributed by atoms with Gasteiger partial charge in [0.25, 0.3) is 0 Å². The zero-order chi connectivity index (χ0) is 11.5. The number of urea groups is 1. The summed E-state index contributed by atoms with van der Waals surface area (Å²) in [4.78, 5) is 21.5. The number of carboxylic acid groups (broad SMARTS) is 1. The summed E-state index contributed by atoms with van der Waals surface area (Å²) < 4.78 is 0. The lowest BCUT2D eigenvalue weighted by molar-refractivity contribution is -0.137. The van der Waals surface area contributed by atoms with Crippen LogP contribution in [0.25, 0.3) is 0 Å². The standard InChI is InChI=1S/C10H16N2O3S/c13-8(14)4-2-1-3-7-9-6(5-16-7)11-10(15)12-9/h6-7,9H,1-5H2,(H,13,14)(H2,11,12,15)/t6-,7-,9-/m0/s1/i11+1. The van der Waals surface area contributed by atoms with Crippen molar-refractivity contribution >= 4 is 23.8 Å². The van der Waals surface area contributed by atoms with Gasteiger partial charge >= 0.3 is 12.0 Å². The third-order valence-electron chi connectivity index (χ3n) is 3.07. The Hall–Kier alpha value is -0.910. The number of fused-ring (bicyclic) bond motifs is 1. The van der Waals surface area contributed by atoms with Crippen LogP contribution in [0.4, 0.5) is 4.79 Å². The molecule has 0 saturated carbocycles. The van der Waals surface area contributed by atoms with Crippen molar-refractivity contribution in [2.75, 3.05) is 5.75 Å². The highest BCUT2D eigenvalue weighted by Crippen LogP contribution is 2.33. The predicted molar refractivity (Wildman–Crippen MR) is 61.6 cm³/mol. The van der Waals surface area contributed by atoms with Crippen LogP contribution in [-0.4, -0.2) is 40.2 Å². The van der Waals surface area contributed by atoms with E-state index in [0.717, 1.165) is 25.0 Å². The predicted octanol–water partition coefficient (Wildman–Crippen LogP) is 0.797. The molecule has 0 aromatic rings. The number of carboxylic acids is 1. The van der Waals surface area contributed by atoms with Crippen molar-refractivity contribution < 1.29 is 14.7 Å². The lowest BCUT2D eigenvalue weighted by Crippen LogP contribution is -2.36. The largest absolute Gasteiger partial charge is 0.481 e. The minimum atomic E-state index is -0.729. The number of aliphatic carboxylic acids is 1. The fraction of sp³-hybridized carbons (Fsp3) is 0.800. The highest BCUT2D eigenvalue weighted by molar-refractivity contribution is 8.00. The molecule has 2 rings (SSSR count). The first-order valence-corrected chi connectivity index (χ1v) is 6.62. The molecule has 2 saturated heterocycles. The molecule has 0 aromatic carbocycles. The Labute approximate surface area is 98.4 Å². The fourth-order valence-corrected chi connectivity index (χ4v) is 3.81. The van der Waals surface area contributed by atoms with Gasteiger partial charge in [0.2, 0.25) is 0 Å². The number of carbonyl (C=O) groups excluding carboxylic acids is 1. The second-order valence-electron chi connectivity index (χ2n) is 4.26. The maximum absolute atomic E-state index is 11.1. The Kier molecular flexibility index (Phi) is 3.58. The lowest BCUT2D eigenvalue weighted by Gasteiger charge is -2.16. The van der Waals surface area contributed by atoms with Crippen molar-refractivity contribution in [1.29, 1.82) is 0 Å². The summed E-state index contributed by atoms with van der Waals surface area (Å²) in [5.41, 5.74) is 0. The summed E-state index contributed by atoms with van der Waals surface area (Å²) in [5, 5.41) is 14.8. The molecule has 90 valence electrons.